The molecule has 1 unspecified atom stereocenters. The maximum Gasteiger partial charge on any atom is 0.137 e. The van der Waals surface area contributed by atoms with E-state index < -0.39 is 0 Å². The van der Waals surface area contributed by atoms with Crippen molar-refractivity contribution in [2.24, 2.45) is 0 Å². The summed E-state index contributed by atoms with van der Waals surface area (Å²) < 4.78 is 1.50. The first-order valence-electron chi connectivity index (χ1n) is 5.65. The number of halogens is 1. The van der Waals surface area contributed by atoms with Gasteiger partial charge in [0.05, 0.1) is 6.07 Å². The second kappa shape index (κ2) is 7.46. The normalized spacial score (nSPS) is 11.0. The van der Waals surface area contributed by atoms with Gasteiger partial charge in [0.2, 0.25) is 0 Å². The number of hydrogen-bond acceptors (Lipinski definition) is 3. The van der Waals surface area contributed by atoms with Crippen molar-refractivity contribution < 1.29 is 0 Å². The highest BCUT2D eigenvalue weighted by Crippen LogP contribution is 2.09. The number of nitriles is 1. The molecule has 0 radical (unpaired) electrons. The summed E-state index contributed by atoms with van der Waals surface area (Å²) in [7, 11) is 0. The summed E-state index contributed by atoms with van der Waals surface area (Å²) in [6, 6.07) is 9.73. The quantitative estimate of drug-likeness (QED) is 0.835. The van der Waals surface area contributed by atoms with E-state index in [1.54, 1.807) is 6.92 Å². The summed E-state index contributed by atoms with van der Waals surface area (Å²) in [6.07, 6.45) is 4.01. The van der Waals surface area contributed by atoms with Gasteiger partial charge in [-0.2, -0.15) is 10.4 Å². The predicted molar refractivity (Wildman–Crippen MR) is 71.2 cm³/mol. The van der Waals surface area contributed by atoms with Gasteiger partial charge in [0.1, 0.15) is 18.7 Å². The molecule has 1 heterocycles. The second-order valence-corrected chi connectivity index (χ2v) is 4.10. The third kappa shape index (κ3) is 4.56. The Morgan fingerprint density at radius 2 is 2.06 bits per heavy atom. The maximum absolute atomic E-state index is 8.37. The van der Waals surface area contributed by atoms with Gasteiger partial charge in [-0.25, -0.2) is 9.67 Å². The molecule has 0 aliphatic heterocycles. The lowest BCUT2D eigenvalue weighted by molar-refractivity contribution is 0.589. The molecule has 1 aromatic heterocycles. The lowest BCUT2D eigenvalue weighted by Crippen LogP contribution is -2.01. The minimum absolute atomic E-state index is 0.215. The monoisotopic (exact) mass is 262 g/mol. The average molecular weight is 263 g/mol. The lowest BCUT2D eigenvalue weighted by atomic mass is 10.2. The Balaban J connectivity index is 0.000000180. The molecule has 0 saturated heterocycles. The molecule has 0 aliphatic carbocycles. The van der Waals surface area contributed by atoms with E-state index in [9.17, 15) is 0 Å². The molecule has 18 heavy (non-hydrogen) atoms. The van der Waals surface area contributed by atoms with Crippen molar-refractivity contribution in [2.45, 2.75) is 26.3 Å². The smallest absolute Gasteiger partial charge is 0.137 e. The molecule has 0 aliphatic rings. The molecular formula is C13H15ClN4. The van der Waals surface area contributed by atoms with Crippen molar-refractivity contribution in [3.8, 4) is 6.07 Å². The van der Waals surface area contributed by atoms with Crippen molar-refractivity contribution in [2.75, 3.05) is 0 Å². The summed E-state index contributed by atoms with van der Waals surface area (Å²) in [6.45, 7) is 3.89. The van der Waals surface area contributed by atoms with E-state index in [4.69, 9.17) is 16.9 Å². The van der Waals surface area contributed by atoms with Crippen LogP contribution in [-0.2, 0) is 6.42 Å². The lowest BCUT2D eigenvalue weighted by Gasteiger charge is -1.97. The van der Waals surface area contributed by atoms with Gasteiger partial charge in [-0.3, -0.25) is 0 Å². The number of benzene rings is 1. The van der Waals surface area contributed by atoms with Crippen LogP contribution in [0.2, 0.25) is 5.02 Å². The largest absolute Gasteiger partial charge is 0.236 e. The van der Waals surface area contributed by atoms with Crippen molar-refractivity contribution in [1.82, 2.24) is 14.8 Å². The van der Waals surface area contributed by atoms with Crippen LogP contribution in [0.15, 0.2) is 36.9 Å². The molecule has 2 aromatic rings. The Kier molecular flexibility index (Phi) is 5.89. The summed E-state index contributed by atoms with van der Waals surface area (Å²) >= 11 is 5.67. The van der Waals surface area contributed by atoms with Crippen molar-refractivity contribution in [3.63, 3.8) is 0 Å². The summed E-state index contributed by atoms with van der Waals surface area (Å²) in [4.78, 5) is 3.69. The molecule has 0 fully saturated rings. The molecule has 0 bridgehead atoms. The minimum Gasteiger partial charge on any atom is -0.236 e. The minimum atomic E-state index is -0.215. The Morgan fingerprint density at radius 1 is 1.39 bits per heavy atom. The van der Waals surface area contributed by atoms with Gasteiger partial charge < -0.3 is 0 Å². The van der Waals surface area contributed by atoms with Gasteiger partial charge in [-0.15, -0.1) is 0 Å². The van der Waals surface area contributed by atoms with Crippen LogP contribution in [0.5, 0.6) is 0 Å². The van der Waals surface area contributed by atoms with Crippen LogP contribution in [0.25, 0.3) is 0 Å². The molecule has 94 valence electrons. The molecular weight excluding hydrogens is 248 g/mol. The fraction of sp³-hybridized carbons (Fsp3) is 0.308. The Labute approximate surface area is 112 Å². The standard InChI is InChI=1S/C8H9Cl.C5H6N4/c1-2-7-3-5-8(9)6-4-7;1-5(2-6)9-4-7-3-8-9/h3-6H,2H2,1H3;3-5H,1H3. The van der Waals surface area contributed by atoms with Crippen molar-refractivity contribution in [1.29, 1.82) is 5.26 Å². The van der Waals surface area contributed by atoms with E-state index in [1.165, 1.54) is 22.9 Å². The molecule has 0 saturated carbocycles. The molecule has 1 aromatic carbocycles. The highest BCUT2D eigenvalue weighted by Gasteiger charge is 1.99. The zero-order valence-electron chi connectivity index (χ0n) is 10.4. The van der Waals surface area contributed by atoms with Gasteiger partial charge in [-0.05, 0) is 31.0 Å². The van der Waals surface area contributed by atoms with Crippen LogP contribution >= 0.6 is 11.6 Å². The maximum atomic E-state index is 8.37. The van der Waals surface area contributed by atoms with E-state index in [1.807, 2.05) is 30.3 Å². The van der Waals surface area contributed by atoms with Crippen LogP contribution in [-0.4, -0.2) is 14.8 Å². The first-order chi connectivity index (χ1) is 8.67. The Hall–Kier alpha value is -1.86. The topological polar surface area (TPSA) is 54.5 Å². The fourth-order valence-corrected chi connectivity index (χ4v) is 1.32. The number of aromatic nitrogens is 3. The first-order valence-corrected chi connectivity index (χ1v) is 6.03. The van der Waals surface area contributed by atoms with Crippen molar-refractivity contribution >= 4 is 11.6 Å². The fourth-order valence-electron chi connectivity index (χ4n) is 1.20. The molecule has 2 rings (SSSR count). The SMILES string of the molecule is CC(C#N)n1cncn1.CCc1ccc(Cl)cc1. The number of aryl methyl sites for hydroxylation is 1. The van der Waals surface area contributed by atoms with Crippen LogP contribution in [0, 0.1) is 11.3 Å². The van der Waals surface area contributed by atoms with Crippen LogP contribution in [0.3, 0.4) is 0 Å². The third-order valence-electron chi connectivity index (χ3n) is 2.34. The predicted octanol–water partition coefficient (Wildman–Crippen LogP) is 3.27. The molecule has 4 nitrogen and oxygen atoms in total. The third-order valence-corrected chi connectivity index (χ3v) is 2.59. The first kappa shape index (κ1) is 14.2. The van der Waals surface area contributed by atoms with E-state index in [-0.39, 0.29) is 6.04 Å². The van der Waals surface area contributed by atoms with Gasteiger partial charge in [0.15, 0.2) is 0 Å². The van der Waals surface area contributed by atoms with E-state index in [0.717, 1.165) is 11.4 Å². The molecule has 1 atom stereocenters. The van der Waals surface area contributed by atoms with E-state index >= 15 is 0 Å². The summed E-state index contributed by atoms with van der Waals surface area (Å²) in [5, 5.41) is 13.0. The molecule has 5 heteroatoms. The van der Waals surface area contributed by atoms with Gasteiger partial charge in [0.25, 0.3) is 0 Å². The summed E-state index contributed by atoms with van der Waals surface area (Å²) in [5.41, 5.74) is 1.33. The van der Waals surface area contributed by atoms with Gasteiger partial charge >= 0.3 is 0 Å². The highest BCUT2D eigenvalue weighted by molar-refractivity contribution is 6.30. The number of rotatable bonds is 2. The zero-order chi connectivity index (χ0) is 13.4. The molecule has 0 N–H and O–H groups in total. The van der Waals surface area contributed by atoms with Crippen LogP contribution < -0.4 is 0 Å². The molecule has 0 amide bonds. The highest BCUT2D eigenvalue weighted by atomic mass is 35.5. The number of hydrogen-bond donors (Lipinski definition) is 0. The van der Waals surface area contributed by atoms with Crippen molar-refractivity contribution in [3.05, 3.63) is 47.5 Å². The Morgan fingerprint density at radius 3 is 2.50 bits per heavy atom. The van der Waals surface area contributed by atoms with Gasteiger partial charge in [-0.1, -0.05) is 30.7 Å². The van der Waals surface area contributed by atoms with E-state index in [2.05, 4.69) is 17.0 Å². The average Bonchev–Trinajstić information content (AvgIpc) is 2.93. The van der Waals surface area contributed by atoms with E-state index in [0.29, 0.717) is 0 Å². The second-order valence-electron chi connectivity index (χ2n) is 3.66. The van der Waals surface area contributed by atoms with Gasteiger partial charge in [0, 0.05) is 5.02 Å². The van der Waals surface area contributed by atoms with Crippen LogP contribution in [0.4, 0.5) is 0 Å². The molecule has 0 spiro atoms. The summed E-state index contributed by atoms with van der Waals surface area (Å²) in [5.74, 6) is 0. The Bertz CT molecular complexity index is 485. The van der Waals surface area contributed by atoms with Crippen LogP contribution in [0.1, 0.15) is 25.5 Å². The zero-order valence-corrected chi connectivity index (χ0v) is 11.2. The number of nitrogens with zero attached hydrogens (tertiary/aromatic N) is 4.